The van der Waals surface area contributed by atoms with E-state index in [-0.39, 0.29) is 7.43 Å². The van der Waals surface area contributed by atoms with Crippen molar-refractivity contribution in [1.29, 1.82) is 0 Å². The van der Waals surface area contributed by atoms with Crippen LogP contribution < -0.4 is 0 Å². The Hall–Kier alpha value is 0. The molecule has 5 rings (SSSR count). The van der Waals surface area contributed by atoms with Crippen molar-refractivity contribution >= 4 is 0 Å². The third-order valence-electron chi connectivity index (χ3n) is 16.1. The summed E-state index contributed by atoms with van der Waals surface area (Å²) in [5.74, 6) is 13.1. The average molecular weight is 761 g/mol. The maximum Gasteiger partial charge on any atom is -0.0386 e. The fourth-order valence-corrected chi connectivity index (χ4v) is 11.4. The zero-order chi connectivity index (χ0) is 40.2. The Morgan fingerprint density at radius 3 is 0.870 bits per heavy atom. The molecule has 5 saturated carbocycles. The van der Waals surface area contributed by atoms with Crippen molar-refractivity contribution in [3.05, 3.63) is 0 Å². The van der Waals surface area contributed by atoms with E-state index in [1.54, 1.807) is 77.0 Å². The fourth-order valence-electron chi connectivity index (χ4n) is 11.4. The minimum absolute atomic E-state index is 0. The van der Waals surface area contributed by atoms with Crippen LogP contribution in [0.2, 0.25) is 0 Å². The molecule has 5 fully saturated rings. The molecule has 0 aromatic heterocycles. The van der Waals surface area contributed by atoms with E-state index in [2.05, 4.69) is 62.3 Å². The molecular formula is C54H112. The van der Waals surface area contributed by atoms with Gasteiger partial charge in [0.05, 0.1) is 0 Å². The van der Waals surface area contributed by atoms with E-state index in [9.17, 15) is 0 Å². The van der Waals surface area contributed by atoms with Crippen molar-refractivity contribution in [1.82, 2.24) is 0 Å². The van der Waals surface area contributed by atoms with Gasteiger partial charge in [0, 0.05) is 0 Å². The summed E-state index contributed by atoms with van der Waals surface area (Å²) in [6, 6.07) is 0. The standard InChI is InChI=1S/C24H42.C15H32.C8H16.3C2H6.CH4/c1-3-7-19(8-4-1)21-11-15-23(16-12-21)24-17-13-22(14-18-24)20-9-5-2-6-10-20;1-8-10-12(4)14(6)15(7)13(5)11(3)9-2;1-7-3-5-8(2)6-4-7;3*1-2;/h19-24H,1-18H2;11-15H,8-10H2,1-7H3;7-8H,3-6H2,1-2H3;3*1-2H3;1H4. The van der Waals surface area contributed by atoms with Crippen LogP contribution >= 0.6 is 0 Å². The second-order valence-corrected chi connectivity index (χ2v) is 19.2. The molecular weight excluding hydrogens is 649 g/mol. The molecule has 0 heterocycles. The fraction of sp³-hybridized carbons (Fsp3) is 1.00. The van der Waals surface area contributed by atoms with Gasteiger partial charge in [0.2, 0.25) is 0 Å². The quantitative estimate of drug-likeness (QED) is 0.208. The largest absolute Gasteiger partial charge is 0.0776 e. The van der Waals surface area contributed by atoms with Crippen LogP contribution in [0.3, 0.4) is 0 Å². The lowest BCUT2D eigenvalue weighted by atomic mass is 9.64. The van der Waals surface area contributed by atoms with Crippen molar-refractivity contribution in [3.63, 3.8) is 0 Å². The third kappa shape index (κ3) is 21.7. The van der Waals surface area contributed by atoms with Crippen LogP contribution in [-0.4, -0.2) is 0 Å². The maximum absolute atomic E-state index is 2.45. The van der Waals surface area contributed by atoms with Gasteiger partial charge in [-0.2, -0.15) is 0 Å². The van der Waals surface area contributed by atoms with Gasteiger partial charge in [0.25, 0.3) is 0 Å². The first-order valence-corrected chi connectivity index (χ1v) is 25.6. The summed E-state index contributed by atoms with van der Waals surface area (Å²) in [5.41, 5.74) is 0. The van der Waals surface area contributed by atoms with E-state index < -0.39 is 0 Å². The second kappa shape index (κ2) is 35.0. The van der Waals surface area contributed by atoms with Crippen molar-refractivity contribution in [2.24, 2.45) is 76.9 Å². The van der Waals surface area contributed by atoms with Crippen molar-refractivity contribution in [2.45, 2.75) is 272 Å². The average Bonchev–Trinajstić information content (AvgIpc) is 3.24. The Labute approximate surface area is 347 Å². The van der Waals surface area contributed by atoms with Crippen LogP contribution in [0.5, 0.6) is 0 Å². The highest BCUT2D eigenvalue weighted by molar-refractivity contribution is 4.86. The summed E-state index contributed by atoms with van der Waals surface area (Å²) >= 11 is 0. The summed E-state index contributed by atoms with van der Waals surface area (Å²) in [6.07, 6.45) is 38.2. The van der Waals surface area contributed by atoms with Crippen LogP contribution in [0.25, 0.3) is 0 Å². The number of hydrogen-bond acceptors (Lipinski definition) is 0. The molecule has 0 aromatic rings. The molecule has 0 spiro atoms. The molecule has 0 saturated heterocycles. The predicted octanol–water partition coefficient (Wildman–Crippen LogP) is 19.7. The Bertz CT molecular complexity index is 686. The monoisotopic (exact) mass is 761 g/mol. The van der Waals surface area contributed by atoms with Gasteiger partial charge in [0.1, 0.15) is 0 Å². The molecule has 0 bridgehead atoms. The minimum atomic E-state index is 0. The molecule has 328 valence electrons. The van der Waals surface area contributed by atoms with E-state index in [0.29, 0.717) is 0 Å². The van der Waals surface area contributed by atoms with E-state index in [1.165, 1.54) is 83.5 Å². The van der Waals surface area contributed by atoms with Gasteiger partial charge in [-0.15, -0.1) is 0 Å². The highest BCUT2D eigenvalue weighted by atomic mass is 14.4. The van der Waals surface area contributed by atoms with Crippen LogP contribution in [0.4, 0.5) is 0 Å². The van der Waals surface area contributed by atoms with E-state index in [0.717, 1.165) is 76.9 Å². The van der Waals surface area contributed by atoms with E-state index in [1.807, 2.05) is 41.5 Å². The molecule has 5 atom stereocenters. The predicted molar refractivity (Wildman–Crippen MR) is 253 cm³/mol. The molecule has 5 aliphatic carbocycles. The van der Waals surface area contributed by atoms with Gasteiger partial charge < -0.3 is 0 Å². The molecule has 0 radical (unpaired) electrons. The smallest absolute Gasteiger partial charge is 0.0386 e. The minimum Gasteiger partial charge on any atom is -0.0776 e. The molecule has 0 heteroatoms. The normalized spacial score (nSPS) is 30.3. The molecule has 0 N–H and O–H groups in total. The Balaban J connectivity index is 0. The Morgan fingerprint density at radius 1 is 0.352 bits per heavy atom. The lowest BCUT2D eigenvalue weighted by molar-refractivity contribution is 0.0946. The first-order chi connectivity index (χ1) is 25.6. The highest BCUT2D eigenvalue weighted by Gasteiger charge is 2.35. The third-order valence-corrected chi connectivity index (χ3v) is 16.1. The van der Waals surface area contributed by atoms with E-state index >= 15 is 0 Å². The van der Waals surface area contributed by atoms with Crippen molar-refractivity contribution < 1.29 is 0 Å². The summed E-state index contributed by atoms with van der Waals surface area (Å²) in [7, 11) is 0. The summed E-state index contributed by atoms with van der Waals surface area (Å²) < 4.78 is 0. The second-order valence-electron chi connectivity index (χ2n) is 19.2. The van der Waals surface area contributed by atoms with Gasteiger partial charge in [-0.25, -0.2) is 0 Å². The zero-order valence-electron chi connectivity index (χ0n) is 40.2. The first kappa shape index (κ1) is 56.1. The van der Waals surface area contributed by atoms with E-state index in [4.69, 9.17) is 0 Å². The van der Waals surface area contributed by atoms with Gasteiger partial charge in [0.15, 0.2) is 0 Å². The first-order valence-electron chi connectivity index (χ1n) is 25.6. The lowest BCUT2D eigenvalue weighted by Crippen LogP contribution is -2.30. The zero-order valence-corrected chi connectivity index (χ0v) is 40.2. The van der Waals surface area contributed by atoms with Gasteiger partial charge >= 0.3 is 0 Å². The van der Waals surface area contributed by atoms with Crippen LogP contribution in [-0.2, 0) is 0 Å². The van der Waals surface area contributed by atoms with Gasteiger partial charge in [-0.1, -0.05) is 220 Å². The molecule has 5 aliphatic rings. The van der Waals surface area contributed by atoms with Gasteiger partial charge in [-0.05, 0) is 128 Å². The van der Waals surface area contributed by atoms with Crippen molar-refractivity contribution in [3.8, 4) is 0 Å². The number of rotatable bonds is 10. The SMILES string of the molecule is C.C1CCC(C2CCC(C3CCC(C4CCCCC4)CC3)CC2)CC1.CC.CC.CC.CC1CCC(C)CC1.CCCC(C)C(C)C(C)C(C)C(C)CC. The van der Waals surface area contributed by atoms with Crippen LogP contribution in [0.15, 0.2) is 0 Å². The lowest BCUT2D eigenvalue weighted by Gasteiger charge is -2.42. The molecule has 0 amide bonds. The highest BCUT2D eigenvalue weighted by Crippen LogP contribution is 2.47. The Morgan fingerprint density at radius 2 is 0.611 bits per heavy atom. The molecule has 5 unspecified atom stereocenters. The molecule has 54 heavy (non-hydrogen) atoms. The number of hydrogen-bond donors (Lipinski definition) is 0. The Kier molecular flexibility index (Phi) is 36.3. The topological polar surface area (TPSA) is 0 Å². The maximum atomic E-state index is 2.45. The summed E-state index contributed by atoms with van der Waals surface area (Å²) in [4.78, 5) is 0. The van der Waals surface area contributed by atoms with Crippen LogP contribution in [0.1, 0.15) is 272 Å². The molecule has 0 aromatic carbocycles. The summed E-state index contributed by atoms with van der Waals surface area (Å²) in [6.45, 7) is 33.5. The molecule has 0 nitrogen and oxygen atoms in total. The van der Waals surface area contributed by atoms with Gasteiger partial charge in [-0.3, -0.25) is 0 Å². The van der Waals surface area contributed by atoms with Crippen molar-refractivity contribution in [2.75, 3.05) is 0 Å². The molecule has 0 aliphatic heterocycles. The summed E-state index contributed by atoms with van der Waals surface area (Å²) in [5, 5.41) is 0. The van der Waals surface area contributed by atoms with Crippen LogP contribution in [0, 0.1) is 76.9 Å².